The third kappa shape index (κ3) is 0.997. The molecule has 1 heterocycles. The van der Waals surface area contributed by atoms with Crippen molar-refractivity contribution in [2.75, 3.05) is 6.61 Å². The first-order chi connectivity index (χ1) is 5.29. The Hall–Kier alpha value is -0.700. The molecule has 58 valence electrons. The number of phenolic OH excluding ortho intramolecular Hbond substituents is 1. The first-order valence-corrected chi connectivity index (χ1v) is 4.21. The minimum Gasteiger partial charge on any atom is -0.507 e. The summed E-state index contributed by atoms with van der Waals surface area (Å²) in [7, 11) is 0. The van der Waals surface area contributed by atoms with E-state index in [1.807, 2.05) is 0 Å². The van der Waals surface area contributed by atoms with Crippen molar-refractivity contribution in [2.45, 2.75) is 6.42 Å². The van der Waals surface area contributed by atoms with Crippen LogP contribution in [0.25, 0.3) is 0 Å². The van der Waals surface area contributed by atoms with E-state index < -0.39 is 0 Å². The summed E-state index contributed by atoms with van der Waals surface area (Å²) in [6.45, 7) is 0.720. The lowest BCUT2D eigenvalue weighted by molar-refractivity contribution is 0.356. The molecule has 0 atom stereocenters. The van der Waals surface area contributed by atoms with Crippen molar-refractivity contribution in [1.82, 2.24) is 0 Å². The summed E-state index contributed by atoms with van der Waals surface area (Å²) in [5, 5.41) is 9.28. The van der Waals surface area contributed by atoms with Crippen LogP contribution in [0.3, 0.4) is 0 Å². The van der Waals surface area contributed by atoms with Crippen LogP contribution in [0, 0.1) is 0 Å². The van der Waals surface area contributed by atoms with Gasteiger partial charge in [-0.15, -0.1) is 0 Å². The predicted molar refractivity (Wildman–Crippen MR) is 45.0 cm³/mol. The second-order valence-electron chi connectivity index (χ2n) is 2.47. The maximum absolute atomic E-state index is 9.28. The topological polar surface area (TPSA) is 29.5 Å². The Bertz CT molecular complexity index is 296. The molecule has 2 nitrogen and oxygen atoms in total. The Labute approximate surface area is 72.9 Å². The lowest BCUT2D eigenvalue weighted by Crippen LogP contribution is -1.85. The quantitative estimate of drug-likeness (QED) is 0.717. The van der Waals surface area contributed by atoms with Crippen molar-refractivity contribution in [3.05, 3.63) is 22.2 Å². The zero-order valence-electron chi connectivity index (χ0n) is 5.80. The predicted octanol–water partition coefficient (Wildman–Crippen LogP) is 2.09. The molecule has 0 bridgehead atoms. The molecule has 1 aromatic rings. The lowest BCUT2D eigenvalue weighted by atomic mass is 10.2. The van der Waals surface area contributed by atoms with E-state index in [0.717, 1.165) is 28.8 Å². The minimum absolute atomic E-state index is 0.286. The Morgan fingerprint density at radius 1 is 1.45 bits per heavy atom. The number of phenols is 1. The van der Waals surface area contributed by atoms with Crippen molar-refractivity contribution in [3.63, 3.8) is 0 Å². The molecule has 0 aliphatic carbocycles. The molecule has 3 heteroatoms. The van der Waals surface area contributed by atoms with Crippen LogP contribution >= 0.6 is 15.9 Å². The summed E-state index contributed by atoms with van der Waals surface area (Å²) in [6.07, 6.45) is 0.879. The van der Waals surface area contributed by atoms with Gasteiger partial charge in [0.1, 0.15) is 11.5 Å². The fourth-order valence-corrected chi connectivity index (χ4v) is 1.75. The van der Waals surface area contributed by atoms with E-state index in [2.05, 4.69) is 15.9 Å². The normalized spacial score (nSPS) is 14.3. The van der Waals surface area contributed by atoms with Crippen molar-refractivity contribution >= 4 is 15.9 Å². The van der Waals surface area contributed by atoms with Gasteiger partial charge in [0.25, 0.3) is 0 Å². The molecule has 2 rings (SSSR count). The first-order valence-electron chi connectivity index (χ1n) is 3.42. The smallest absolute Gasteiger partial charge is 0.130 e. The SMILES string of the molecule is Oc1ccc2c(c1Br)CCO2. The number of benzene rings is 1. The van der Waals surface area contributed by atoms with Crippen LogP contribution < -0.4 is 4.74 Å². The van der Waals surface area contributed by atoms with Crippen LogP contribution in [0.5, 0.6) is 11.5 Å². The molecule has 1 aliphatic rings. The van der Waals surface area contributed by atoms with E-state index in [1.54, 1.807) is 12.1 Å². The lowest BCUT2D eigenvalue weighted by Gasteiger charge is -2.01. The van der Waals surface area contributed by atoms with E-state index >= 15 is 0 Å². The van der Waals surface area contributed by atoms with Gasteiger partial charge < -0.3 is 9.84 Å². The molecule has 0 amide bonds. The van der Waals surface area contributed by atoms with E-state index in [0.29, 0.717) is 0 Å². The Kier molecular flexibility index (Phi) is 1.53. The van der Waals surface area contributed by atoms with Gasteiger partial charge in [-0.1, -0.05) is 0 Å². The highest BCUT2D eigenvalue weighted by Crippen LogP contribution is 2.37. The zero-order chi connectivity index (χ0) is 7.84. The van der Waals surface area contributed by atoms with Gasteiger partial charge in [-0.2, -0.15) is 0 Å². The number of halogens is 1. The summed E-state index contributed by atoms with van der Waals surface area (Å²) in [6, 6.07) is 3.43. The van der Waals surface area contributed by atoms with Crippen LogP contribution in [-0.4, -0.2) is 11.7 Å². The van der Waals surface area contributed by atoms with E-state index in [4.69, 9.17) is 4.74 Å². The number of rotatable bonds is 0. The molecular weight excluding hydrogens is 208 g/mol. The van der Waals surface area contributed by atoms with Gasteiger partial charge in [0.05, 0.1) is 11.1 Å². The number of ether oxygens (including phenoxy) is 1. The second kappa shape index (κ2) is 2.41. The number of hydrogen-bond donors (Lipinski definition) is 1. The van der Waals surface area contributed by atoms with Gasteiger partial charge in [-0.05, 0) is 28.1 Å². The number of hydrogen-bond acceptors (Lipinski definition) is 2. The van der Waals surface area contributed by atoms with Crippen LogP contribution in [0.1, 0.15) is 5.56 Å². The van der Waals surface area contributed by atoms with Crippen molar-refractivity contribution in [2.24, 2.45) is 0 Å². The highest BCUT2D eigenvalue weighted by Gasteiger charge is 2.16. The van der Waals surface area contributed by atoms with Crippen molar-refractivity contribution < 1.29 is 9.84 Å². The van der Waals surface area contributed by atoms with Gasteiger partial charge in [-0.3, -0.25) is 0 Å². The average Bonchev–Trinajstić information content (AvgIpc) is 2.45. The zero-order valence-corrected chi connectivity index (χ0v) is 7.39. The molecule has 1 N–H and O–H groups in total. The fraction of sp³-hybridized carbons (Fsp3) is 0.250. The number of aromatic hydroxyl groups is 1. The molecule has 0 radical (unpaired) electrons. The molecule has 0 saturated carbocycles. The average molecular weight is 215 g/mol. The summed E-state index contributed by atoms with van der Waals surface area (Å²) in [5.41, 5.74) is 1.07. The molecule has 0 fully saturated rings. The highest BCUT2D eigenvalue weighted by atomic mass is 79.9. The summed E-state index contributed by atoms with van der Waals surface area (Å²) in [5.74, 6) is 1.17. The van der Waals surface area contributed by atoms with E-state index in [9.17, 15) is 5.11 Å². The van der Waals surface area contributed by atoms with Crippen molar-refractivity contribution in [1.29, 1.82) is 0 Å². The summed E-state index contributed by atoms with van der Waals surface area (Å²) >= 11 is 3.30. The second-order valence-corrected chi connectivity index (χ2v) is 3.27. The molecule has 1 aromatic carbocycles. The van der Waals surface area contributed by atoms with Crippen LogP contribution in [0.15, 0.2) is 16.6 Å². The maximum atomic E-state index is 9.28. The molecule has 0 aromatic heterocycles. The summed E-state index contributed by atoms with van der Waals surface area (Å²) in [4.78, 5) is 0. The Morgan fingerprint density at radius 2 is 2.27 bits per heavy atom. The molecule has 0 unspecified atom stereocenters. The van der Waals surface area contributed by atoms with E-state index in [1.165, 1.54) is 0 Å². The standard InChI is InChI=1S/C8H7BrO2/c9-8-5-3-4-11-7(5)2-1-6(8)10/h1-2,10H,3-4H2. The summed E-state index contributed by atoms with van der Waals surface area (Å²) < 4.78 is 6.06. The fourth-order valence-electron chi connectivity index (χ4n) is 1.22. The van der Waals surface area contributed by atoms with Crippen LogP contribution in [0.2, 0.25) is 0 Å². The van der Waals surface area contributed by atoms with Gasteiger partial charge >= 0.3 is 0 Å². The van der Waals surface area contributed by atoms with E-state index in [-0.39, 0.29) is 5.75 Å². The Balaban J connectivity index is 2.62. The van der Waals surface area contributed by atoms with Gasteiger partial charge in [0, 0.05) is 12.0 Å². The van der Waals surface area contributed by atoms with Gasteiger partial charge in [0.15, 0.2) is 0 Å². The largest absolute Gasteiger partial charge is 0.507 e. The minimum atomic E-state index is 0.286. The Morgan fingerprint density at radius 3 is 3.09 bits per heavy atom. The first kappa shape index (κ1) is 6.98. The number of fused-ring (bicyclic) bond motifs is 1. The highest BCUT2D eigenvalue weighted by molar-refractivity contribution is 9.10. The van der Waals surface area contributed by atoms with Gasteiger partial charge in [0.2, 0.25) is 0 Å². The molecule has 1 aliphatic heterocycles. The van der Waals surface area contributed by atoms with Crippen LogP contribution in [-0.2, 0) is 6.42 Å². The van der Waals surface area contributed by atoms with Crippen LogP contribution in [0.4, 0.5) is 0 Å². The third-order valence-corrected chi connectivity index (χ3v) is 2.67. The third-order valence-electron chi connectivity index (χ3n) is 1.79. The molecule has 11 heavy (non-hydrogen) atoms. The molecule has 0 spiro atoms. The monoisotopic (exact) mass is 214 g/mol. The molecular formula is C8H7BrO2. The van der Waals surface area contributed by atoms with Gasteiger partial charge in [-0.25, -0.2) is 0 Å². The maximum Gasteiger partial charge on any atom is 0.130 e. The van der Waals surface area contributed by atoms with Crippen molar-refractivity contribution in [3.8, 4) is 11.5 Å². The molecule has 0 saturated heterocycles.